The van der Waals surface area contributed by atoms with E-state index in [4.69, 9.17) is 0 Å². The van der Waals surface area contributed by atoms with Gasteiger partial charge in [-0.1, -0.05) is 6.92 Å². The van der Waals surface area contributed by atoms with Crippen molar-refractivity contribution in [2.45, 2.75) is 25.8 Å². The summed E-state index contributed by atoms with van der Waals surface area (Å²) in [6.45, 7) is 4.90. The summed E-state index contributed by atoms with van der Waals surface area (Å²) >= 11 is 0. The fourth-order valence-electron chi connectivity index (χ4n) is 1.42. The van der Waals surface area contributed by atoms with Gasteiger partial charge in [0.2, 0.25) is 0 Å². The minimum Gasteiger partial charge on any atom is -0.307 e. The molecule has 1 saturated heterocycles. The number of Topliss-reactive ketones (excluding diaryl/α,β-unsaturated/α-hetero) is 1. The molecule has 0 aromatic carbocycles. The van der Waals surface area contributed by atoms with Crippen LogP contribution in [0.3, 0.4) is 0 Å². The topological polar surface area (TPSA) is 32.3 Å². The highest BCUT2D eigenvalue weighted by atomic mass is 16.1. The summed E-state index contributed by atoms with van der Waals surface area (Å²) in [6, 6.07) is 0.437. The van der Waals surface area contributed by atoms with Crippen molar-refractivity contribution < 1.29 is 4.79 Å². The molecule has 0 amide bonds. The van der Waals surface area contributed by atoms with Gasteiger partial charge >= 0.3 is 0 Å². The van der Waals surface area contributed by atoms with Crippen LogP contribution >= 0.6 is 0 Å². The summed E-state index contributed by atoms with van der Waals surface area (Å²) in [6.07, 6.45) is 1.83. The van der Waals surface area contributed by atoms with E-state index in [1.54, 1.807) is 0 Å². The average molecular weight is 170 g/mol. The Bertz CT molecular complexity index is 159. The van der Waals surface area contributed by atoms with Crippen LogP contribution in [0.4, 0.5) is 0 Å². The molecule has 0 bridgehead atoms. The van der Waals surface area contributed by atoms with Gasteiger partial charge in [0.1, 0.15) is 5.78 Å². The summed E-state index contributed by atoms with van der Waals surface area (Å²) in [5.74, 6) is 0.360. The molecule has 1 rings (SSSR count). The first-order valence-corrected chi connectivity index (χ1v) is 4.66. The molecule has 1 atom stereocenters. The first kappa shape index (κ1) is 9.68. The summed E-state index contributed by atoms with van der Waals surface area (Å²) in [4.78, 5) is 13.2. The quantitative estimate of drug-likeness (QED) is 0.657. The van der Waals surface area contributed by atoms with Crippen LogP contribution < -0.4 is 5.32 Å². The Morgan fingerprint density at radius 2 is 2.42 bits per heavy atom. The molecule has 0 spiro atoms. The molecule has 1 aliphatic rings. The second-order valence-corrected chi connectivity index (χ2v) is 3.51. The Balaban J connectivity index is 2.11. The van der Waals surface area contributed by atoms with Gasteiger partial charge in [0.15, 0.2) is 0 Å². The van der Waals surface area contributed by atoms with Gasteiger partial charge in [-0.05, 0) is 26.6 Å². The first-order chi connectivity index (χ1) is 5.72. The van der Waals surface area contributed by atoms with Crippen LogP contribution in [-0.2, 0) is 4.79 Å². The van der Waals surface area contributed by atoms with Gasteiger partial charge in [-0.15, -0.1) is 0 Å². The lowest BCUT2D eigenvalue weighted by molar-refractivity contribution is -0.116. The SMILES string of the molecule is CCN(C)CCC1CC(=O)CN1. The molecular weight excluding hydrogens is 152 g/mol. The predicted octanol–water partition coefficient (Wildman–Crippen LogP) is 0.259. The van der Waals surface area contributed by atoms with Crippen LogP contribution in [-0.4, -0.2) is 43.4 Å². The lowest BCUT2D eigenvalue weighted by atomic mass is 10.1. The van der Waals surface area contributed by atoms with Gasteiger partial charge < -0.3 is 10.2 Å². The Hall–Kier alpha value is -0.410. The maximum atomic E-state index is 10.9. The molecule has 0 aromatic heterocycles. The van der Waals surface area contributed by atoms with Gasteiger partial charge in [-0.25, -0.2) is 0 Å². The third-order valence-corrected chi connectivity index (χ3v) is 2.46. The van der Waals surface area contributed by atoms with E-state index in [0.29, 0.717) is 18.4 Å². The number of hydrogen-bond donors (Lipinski definition) is 1. The van der Waals surface area contributed by atoms with Gasteiger partial charge in [0.25, 0.3) is 0 Å². The van der Waals surface area contributed by atoms with Crippen molar-refractivity contribution in [3.05, 3.63) is 0 Å². The van der Waals surface area contributed by atoms with Crippen molar-refractivity contribution in [3.8, 4) is 0 Å². The highest BCUT2D eigenvalue weighted by Gasteiger charge is 2.20. The molecule has 12 heavy (non-hydrogen) atoms. The average Bonchev–Trinajstić information content (AvgIpc) is 2.47. The number of rotatable bonds is 4. The summed E-state index contributed by atoms with van der Waals surface area (Å²) in [5, 5.41) is 3.21. The van der Waals surface area contributed by atoms with E-state index in [0.717, 1.165) is 25.9 Å². The minimum absolute atomic E-state index is 0.360. The van der Waals surface area contributed by atoms with Gasteiger partial charge in [0.05, 0.1) is 6.54 Å². The second-order valence-electron chi connectivity index (χ2n) is 3.51. The standard InChI is InChI=1S/C9H18N2O/c1-3-11(2)5-4-8-6-9(12)7-10-8/h8,10H,3-7H2,1-2H3. The maximum Gasteiger partial charge on any atom is 0.148 e. The fraction of sp³-hybridized carbons (Fsp3) is 0.889. The predicted molar refractivity (Wildman–Crippen MR) is 49.2 cm³/mol. The van der Waals surface area contributed by atoms with Crippen molar-refractivity contribution in [1.29, 1.82) is 0 Å². The van der Waals surface area contributed by atoms with Crippen LogP contribution in [0.2, 0.25) is 0 Å². The van der Waals surface area contributed by atoms with E-state index in [1.807, 2.05) is 0 Å². The molecule has 1 unspecified atom stereocenters. The number of hydrogen-bond acceptors (Lipinski definition) is 3. The van der Waals surface area contributed by atoms with Crippen LogP contribution in [0.5, 0.6) is 0 Å². The number of nitrogens with one attached hydrogen (secondary N) is 1. The number of nitrogens with zero attached hydrogens (tertiary/aromatic N) is 1. The van der Waals surface area contributed by atoms with E-state index in [2.05, 4.69) is 24.2 Å². The lowest BCUT2D eigenvalue weighted by Gasteiger charge is -2.16. The lowest BCUT2D eigenvalue weighted by Crippen LogP contribution is -2.28. The van der Waals surface area contributed by atoms with Gasteiger partial charge in [-0.2, -0.15) is 0 Å². The van der Waals surface area contributed by atoms with Crippen molar-refractivity contribution in [1.82, 2.24) is 10.2 Å². The first-order valence-electron chi connectivity index (χ1n) is 4.66. The zero-order valence-corrected chi connectivity index (χ0v) is 7.97. The Labute approximate surface area is 74.1 Å². The molecule has 1 fully saturated rings. The van der Waals surface area contributed by atoms with Crippen molar-refractivity contribution in [2.24, 2.45) is 0 Å². The third kappa shape index (κ3) is 2.91. The van der Waals surface area contributed by atoms with Crippen molar-refractivity contribution in [2.75, 3.05) is 26.7 Å². The molecule has 3 nitrogen and oxygen atoms in total. The molecule has 0 aliphatic carbocycles. The molecule has 0 saturated carbocycles. The molecule has 1 N–H and O–H groups in total. The summed E-state index contributed by atoms with van der Waals surface area (Å²) < 4.78 is 0. The maximum absolute atomic E-state index is 10.9. The molecule has 0 radical (unpaired) electrons. The Morgan fingerprint density at radius 1 is 1.67 bits per heavy atom. The zero-order valence-electron chi connectivity index (χ0n) is 7.97. The zero-order chi connectivity index (χ0) is 8.97. The Kier molecular flexibility index (Phi) is 3.69. The van der Waals surface area contributed by atoms with Crippen LogP contribution in [0.25, 0.3) is 0 Å². The molecule has 1 aliphatic heterocycles. The van der Waals surface area contributed by atoms with E-state index in [-0.39, 0.29) is 0 Å². The van der Waals surface area contributed by atoms with Crippen LogP contribution in [0.15, 0.2) is 0 Å². The van der Waals surface area contributed by atoms with Gasteiger partial charge in [0, 0.05) is 12.5 Å². The molecule has 3 heteroatoms. The van der Waals surface area contributed by atoms with E-state index >= 15 is 0 Å². The van der Waals surface area contributed by atoms with Gasteiger partial charge in [-0.3, -0.25) is 4.79 Å². The van der Waals surface area contributed by atoms with E-state index in [9.17, 15) is 4.79 Å². The minimum atomic E-state index is 0.360. The summed E-state index contributed by atoms with van der Waals surface area (Å²) in [7, 11) is 2.11. The summed E-state index contributed by atoms with van der Waals surface area (Å²) in [5.41, 5.74) is 0. The highest BCUT2D eigenvalue weighted by Crippen LogP contribution is 2.05. The van der Waals surface area contributed by atoms with E-state index < -0.39 is 0 Å². The molecule has 1 heterocycles. The fourth-order valence-corrected chi connectivity index (χ4v) is 1.42. The van der Waals surface area contributed by atoms with Crippen LogP contribution in [0.1, 0.15) is 19.8 Å². The number of carbonyl (C=O) groups is 1. The number of carbonyl (C=O) groups excluding carboxylic acids is 1. The van der Waals surface area contributed by atoms with E-state index in [1.165, 1.54) is 0 Å². The smallest absolute Gasteiger partial charge is 0.148 e. The molecule has 70 valence electrons. The molecule has 0 aromatic rings. The van der Waals surface area contributed by atoms with Crippen molar-refractivity contribution in [3.63, 3.8) is 0 Å². The third-order valence-electron chi connectivity index (χ3n) is 2.46. The Morgan fingerprint density at radius 3 is 2.92 bits per heavy atom. The highest BCUT2D eigenvalue weighted by molar-refractivity contribution is 5.83. The van der Waals surface area contributed by atoms with Crippen molar-refractivity contribution >= 4 is 5.78 Å². The normalized spacial score (nSPS) is 23.9. The number of ketones is 1. The second kappa shape index (κ2) is 4.58. The van der Waals surface area contributed by atoms with Crippen LogP contribution in [0, 0.1) is 0 Å². The molecular formula is C9H18N2O. The monoisotopic (exact) mass is 170 g/mol. The largest absolute Gasteiger partial charge is 0.307 e.